The number of hydrogen-bond acceptors (Lipinski definition) is 6. The van der Waals surface area contributed by atoms with E-state index in [1.807, 2.05) is 55.4 Å². The van der Waals surface area contributed by atoms with Crippen LogP contribution in [0.15, 0.2) is 0 Å². The highest BCUT2D eigenvalue weighted by Crippen LogP contribution is 2.23. The highest BCUT2D eigenvalue weighted by Gasteiger charge is 2.28. The number of rotatable bonds is 17. The van der Waals surface area contributed by atoms with Gasteiger partial charge in [0.15, 0.2) is 0 Å². The van der Waals surface area contributed by atoms with E-state index in [4.69, 9.17) is 18.9 Å². The van der Waals surface area contributed by atoms with Gasteiger partial charge in [0.25, 0.3) is 0 Å². The molecule has 31 heavy (non-hydrogen) atoms. The van der Waals surface area contributed by atoms with Crippen molar-refractivity contribution in [3.8, 4) is 0 Å². The largest absolute Gasteiger partial charge is 0.396 e. The minimum atomic E-state index is -0.394. The van der Waals surface area contributed by atoms with Crippen molar-refractivity contribution in [2.45, 2.75) is 92.3 Å². The minimum Gasteiger partial charge on any atom is -0.396 e. The molecule has 0 aromatic rings. The van der Waals surface area contributed by atoms with E-state index in [1.54, 1.807) is 14.2 Å². The van der Waals surface area contributed by atoms with Gasteiger partial charge in [-0.3, -0.25) is 4.79 Å². The number of nitrogens with one attached hydrogen (secondary N) is 1. The maximum atomic E-state index is 11.4. The number of carbonyl (C=O) groups excluding carboxylic acids is 1. The van der Waals surface area contributed by atoms with E-state index < -0.39 is 5.60 Å². The maximum Gasteiger partial charge on any atom is 0.222 e. The lowest BCUT2D eigenvalue weighted by atomic mass is 9.94. The third kappa shape index (κ3) is 23.8. The number of ether oxygens (including phenoxy) is 4. The second kappa shape index (κ2) is 22.5. The summed E-state index contributed by atoms with van der Waals surface area (Å²) in [5.41, 5.74) is -0.756. The average molecular weight is 452 g/mol. The molecule has 0 heterocycles. The second-order valence-corrected chi connectivity index (χ2v) is 8.16. The maximum absolute atomic E-state index is 11.4. The van der Waals surface area contributed by atoms with Crippen LogP contribution in [0.5, 0.6) is 0 Å². The SMILES string of the molecule is CC.CC.COCCC(=O)NCCCCOC(C)(C)COC(C)(C)CC(CO)COC. The molecule has 0 aliphatic carbocycles. The van der Waals surface area contributed by atoms with Gasteiger partial charge in [0.2, 0.25) is 5.91 Å². The molecule has 2 N–H and O–H groups in total. The Morgan fingerprint density at radius 2 is 1.52 bits per heavy atom. The van der Waals surface area contributed by atoms with Gasteiger partial charge in [0.1, 0.15) is 0 Å². The molecule has 190 valence electrons. The molecule has 1 unspecified atom stereocenters. The summed E-state index contributed by atoms with van der Waals surface area (Å²) in [4.78, 5) is 11.4. The predicted molar refractivity (Wildman–Crippen MR) is 129 cm³/mol. The van der Waals surface area contributed by atoms with Crippen molar-refractivity contribution >= 4 is 5.91 Å². The minimum absolute atomic E-state index is 0.0170. The van der Waals surface area contributed by atoms with Crippen LogP contribution in [0, 0.1) is 5.92 Å². The van der Waals surface area contributed by atoms with Gasteiger partial charge in [-0.15, -0.1) is 0 Å². The Kier molecular flexibility index (Phi) is 25.3. The molecule has 0 radical (unpaired) electrons. The highest BCUT2D eigenvalue weighted by molar-refractivity contribution is 5.75. The Labute approximate surface area is 192 Å². The summed E-state index contributed by atoms with van der Waals surface area (Å²) in [6, 6.07) is 0. The first-order chi connectivity index (χ1) is 14.7. The van der Waals surface area contributed by atoms with Gasteiger partial charge in [0.05, 0.1) is 31.0 Å². The van der Waals surface area contributed by atoms with E-state index in [0.717, 1.165) is 19.3 Å². The van der Waals surface area contributed by atoms with Gasteiger partial charge in [-0.05, 0) is 47.0 Å². The number of aliphatic hydroxyl groups is 1. The molecule has 0 fully saturated rings. The van der Waals surface area contributed by atoms with Crippen LogP contribution in [0.2, 0.25) is 0 Å². The van der Waals surface area contributed by atoms with Crippen molar-refractivity contribution in [2.24, 2.45) is 5.92 Å². The summed E-state index contributed by atoms with van der Waals surface area (Å²) in [6.45, 7) is 18.9. The summed E-state index contributed by atoms with van der Waals surface area (Å²) in [6.07, 6.45) is 2.86. The zero-order chi connectivity index (χ0) is 24.8. The van der Waals surface area contributed by atoms with Crippen molar-refractivity contribution < 1.29 is 28.8 Å². The van der Waals surface area contributed by atoms with Crippen LogP contribution in [0.4, 0.5) is 0 Å². The van der Waals surface area contributed by atoms with Gasteiger partial charge < -0.3 is 29.4 Å². The zero-order valence-electron chi connectivity index (χ0n) is 22.1. The van der Waals surface area contributed by atoms with Crippen LogP contribution in [-0.4, -0.2) is 76.0 Å². The van der Waals surface area contributed by atoms with Gasteiger partial charge in [-0.25, -0.2) is 0 Å². The van der Waals surface area contributed by atoms with Crippen molar-refractivity contribution in [3.63, 3.8) is 0 Å². The van der Waals surface area contributed by atoms with E-state index in [2.05, 4.69) is 5.32 Å². The molecule has 1 atom stereocenters. The summed E-state index contributed by atoms with van der Waals surface area (Å²) < 4.78 is 22.0. The average Bonchev–Trinajstić information content (AvgIpc) is 2.76. The topological polar surface area (TPSA) is 86.3 Å². The van der Waals surface area contributed by atoms with Crippen molar-refractivity contribution in [2.75, 3.05) is 53.8 Å². The summed E-state index contributed by atoms with van der Waals surface area (Å²) in [5.74, 6) is 0.0801. The monoisotopic (exact) mass is 451 g/mol. The zero-order valence-corrected chi connectivity index (χ0v) is 22.1. The number of methoxy groups -OCH3 is 2. The quantitative estimate of drug-likeness (QED) is 0.322. The molecule has 0 aliphatic heterocycles. The molecular formula is C24H53NO6. The lowest BCUT2D eigenvalue weighted by Crippen LogP contribution is -2.38. The first-order valence-corrected chi connectivity index (χ1v) is 11.8. The fourth-order valence-electron chi connectivity index (χ4n) is 2.66. The van der Waals surface area contributed by atoms with Gasteiger partial charge in [-0.1, -0.05) is 27.7 Å². The first kappa shape index (κ1) is 34.9. The van der Waals surface area contributed by atoms with Crippen LogP contribution >= 0.6 is 0 Å². The summed E-state index contributed by atoms with van der Waals surface area (Å²) >= 11 is 0. The Morgan fingerprint density at radius 3 is 2.03 bits per heavy atom. The number of hydrogen-bond donors (Lipinski definition) is 2. The molecule has 7 heteroatoms. The predicted octanol–water partition coefficient (Wildman–Crippen LogP) is 4.21. The van der Waals surface area contributed by atoms with Crippen LogP contribution in [0.1, 0.15) is 81.1 Å². The number of amides is 1. The number of carbonyl (C=O) groups is 1. The molecule has 1 amide bonds. The van der Waals surface area contributed by atoms with Crippen LogP contribution in [-0.2, 0) is 23.7 Å². The van der Waals surface area contributed by atoms with E-state index in [9.17, 15) is 9.90 Å². The van der Waals surface area contributed by atoms with E-state index in [1.165, 1.54) is 0 Å². The normalized spacial score (nSPS) is 12.2. The molecule has 0 rings (SSSR count). The smallest absolute Gasteiger partial charge is 0.222 e. The summed E-state index contributed by atoms with van der Waals surface area (Å²) in [5, 5.41) is 12.3. The van der Waals surface area contributed by atoms with Crippen molar-refractivity contribution in [1.29, 1.82) is 0 Å². The molecule has 0 spiro atoms. The Hall–Kier alpha value is -0.730. The molecule has 0 aromatic carbocycles. The van der Waals surface area contributed by atoms with E-state index in [-0.39, 0.29) is 24.0 Å². The Bertz CT molecular complexity index is 388. The highest BCUT2D eigenvalue weighted by atomic mass is 16.6. The Morgan fingerprint density at radius 1 is 0.903 bits per heavy atom. The fraction of sp³-hybridized carbons (Fsp3) is 0.958. The van der Waals surface area contributed by atoms with E-state index >= 15 is 0 Å². The second-order valence-electron chi connectivity index (χ2n) is 8.16. The van der Waals surface area contributed by atoms with Crippen LogP contribution in [0.25, 0.3) is 0 Å². The third-order valence-electron chi connectivity index (χ3n) is 4.17. The third-order valence-corrected chi connectivity index (χ3v) is 4.17. The van der Waals surface area contributed by atoms with Gasteiger partial charge >= 0.3 is 0 Å². The molecular weight excluding hydrogens is 398 g/mol. The molecule has 0 aromatic heterocycles. The van der Waals surface area contributed by atoms with Crippen LogP contribution in [0.3, 0.4) is 0 Å². The standard InChI is InChI=1S/C20H41NO6.2C2H6/c1-19(2,13-17(14-22)15-25-6)27-16-20(3,4)26-11-8-7-10-21-18(23)9-12-24-5;2*1-2/h17,22H,7-16H2,1-6H3,(H,21,23);2*1-2H3. The molecule has 0 bridgehead atoms. The molecule has 7 nitrogen and oxygen atoms in total. The molecule has 0 aliphatic rings. The van der Waals surface area contributed by atoms with E-state index in [0.29, 0.717) is 39.4 Å². The van der Waals surface area contributed by atoms with Crippen LogP contribution < -0.4 is 5.32 Å². The molecule has 0 saturated heterocycles. The van der Waals surface area contributed by atoms with Gasteiger partial charge in [0, 0.05) is 46.3 Å². The molecule has 0 saturated carbocycles. The Balaban J connectivity index is -0.00000184. The number of unbranched alkanes of at least 4 members (excludes halogenated alkanes) is 1. The lowest BCUT2D eigenvalue weighted by molar-refractivity contribution is -0.129. The lowest BCUT2D eigenvalue weighted by Gasteiger charge is -2.34. The first-order valence-electron chi connectivity index (χ1n) is 11.8. The van der Waals surface area contributed by atoms with Crippen molar-refractivity contribution in [1.82, 2.24) is 5.32 Å². The van der Waals surface area contributed by atoms with Gasteiger partial charge in [-0.2, -0.15) is 0 Å². The number of aliphatic hydroxyl groups excluding tert-OH is 1. The van der Waals surface area contributed by atoms with Crippen molar-refractivity contribution in [3.05, 3.63) is 0 Å². The fourth-order valence-corrected chi connectivity index (χ4v) is 2.66. The summed E-state index contributed by atoms with van der Waals surface area (Å²) in [7, 11) is 3.22.